The molecule has 1 aromatic rings. The Balaban J connectivity index is 2.56. The third kappa shape index (κ3) is 4.56. The Hall–Kier alpha value is -1.37. The van der Waals surface area contributed by atoms with Crippen LogP contribution in [0.15, 0.2) is 12.4 Å². The minimum atomic E-state index is -4.40. The number of rotatable bonds is 5. The molecule has 1 aromatic heterocycles. The quantitative estimate of drug-likeness (QED) is 0.866. The first-order valence-electron chi connectivity index (χ1n) is 5.18. The van der Waals surface area contributed by atoms with Gasteiger partial charge in [-0.05, 0) is 13.5 Å². The van der Waals surface area contributed by atoms with Crippen molar-refractivity contribution in [1.82, 2.24) is 15.3 Å². The molecule has 0 saturated carbocycles. The summed E-state index contributed by atoms with van der Waals surface area (Å²) in [5, 5.41) is 3.03. The molecule has 1 N–H and O–H groups in total. The van der Waals surface area contributed by atoms with Crippen molar-refractivity contribution < 1.29 is 17.9 Å². The number of alkyl halides is 3. The van der Waals surface area contributed by atoms with Crippen LogP contribution in [0, 0.1) is 0 Å². The predicted molar refractivity (Wildman–Crippen MR) is 55.6 cm³/mol. The Morgan fingerprint density at radius 2 is 2.06 bits per heavy atom. The summed E-state index contributed by atoms with van der Waals surface area (Å²) in [6, 6.07) is 0. The number of hydrogen-bond acceptors (Lipinski definition) is 4. The second-order valence-electron chi connectivity index (χ2n) is 3.43. The SMILES string of the molecule is CCNCc1cnc(OC(C)C(F)(F)F)cn1. The van der Waals surface area contributed by atoms with E-state index in [9.17, 15) is 13.2 Å². The van der Waals surface area contributed by atoms with E-state index in [1.54, 1.807) is 0 Å². The van der Waals surface area contributed by atoms with Gasteiger partial charge in [0.25, 0.3) is 0 Å². The molecule has 96 valence electrons. The summed E-state index contributed by atoms with van der Waals surface area (Å²) in [7, 11) is 0. The van der Waals surface area contributed by atoms with Gasteiger partial charge < -0.3 is 10.1 Å². The Morgan fingerprint density at radius 3 is 2.53 bits per heavy atom. The molecule has 1 unspecified atom stereocenters. The van der Waals surface area contributed by atoms with Crippen molar-refractivity contribution in [2.24, 2.45) is 0 Å². The zero-order chi connectivity index (χ0) is 12.9. The number of aromatic nitrogens is 2. The van der Waals surface area contributed by atoms with Crippen molar-refractivity contribution in [3.8, 4) is 5.88 Å². The fourth-order valence-electron chi connectivity index (χ4n) is 0.996. The molecule has 4 nitrogen and oxygen atoms in total. The van der Waals surface area contributed by atoms with Gasteiger partial charge in [-0.2, -0.15) is 13.2 Å². The molecule has 17 heavy (non-hydrogen) atoms. The maximum Gasteiger partial charge on any atom is 0.425 e. The van der Waals surface area contributed by atoms with Gasteiger partial charge in [-0.3, -0.25) is 4.98 Å². The monoisotopic (exact) mass is 249 g/mol. The van der Waals surface area contributed by atoms with E-state index in [0.717, 1.165) is 13.5 Å². The number of halogens is 3. The topological polar surface area (TPSA) is 47.0 Å². The van der Waals surface area contributed by atoms with Crippen molar-refractivity contribution in [1.29, 1.82) is 0 Å². The molecule has 0 aromatic carbocycles. The summed E-state index contributed by atoms with van der Waals surface area (Å²) in [5.41, 5.74) is 0.652. The van der Waals surface area contributed by atoms with Crippen molar-refractivity contribution in [2.75, 3.05) is 6.54 Å². The molecular formula is C10H14F3N3O. The fraction of sp³-hybridized carbons (Fsp3) is 0.600. The van der Waals surface area contributed by atoms with Gasteiger partial charge in [0.05, 0.1) is 18.1 Å². The predicted octanol–water partition coefficient (Wildman–Crippen LogP) is 1.92. The van der Waals surface area contributed by atoms with Crippen LogP contribution in [0.5, 0.6) is 5.88 Å². The molecule has 1 rings (SSSR count). The van der Waals surface area contributed by atoms with Gasteiger partial charge in [-0.15, -0.1) is 0 Å². The highest BCUT2D eigenvalue weighted by Gasteiger charge is 2.38. The summed E-state index contributed by atoms with van der Waals surface area (Å²) < 4.78 is 41.2. The minimum Gasteiger partial charge on any atom is -0.464 e. The molecule has 1 atom stereocenters. The smallest absolute Gasteiger partial charge is 0.425 e. The average Bonchev–Trinajstić information content (AvgIpc) is 2.27. The van der Waals surface area contributed by atoms with Crippen LogP contribution in [0.25, 0.3) is 0 Å². The Bertz CT molecular complexity index is 340. The van der Waals surface area contributed by atoms with E-state index < -0.39 is 12.3 Å². The molecule has 0 bridgehead atoms. The third-order valence-electron chi connectivity index (χ3n) is 2.00. The summed E-state index contributed by atoms with van der Waals surface area (Å²) in [5.74, 6) is -0.130. The lowest BCUT2D eigenvalue weighted by Crippen LogP contribution is -2.31. The van der Waals surface area contributed by atoms with Crippen LogP contribution < -0.4 is 10.1 Å². The Morgan fingerprint density at radius 1 is 1.35 bits per heavy atom. The van der Waals surface area contributed by atoms with Crippen molar-refractivity contribution in [2.45, 2.75) is 32.7 Å². The average molecular weight is 249 g/mol. The molecular weight excluding hydrogens is 235 g/mol. The minimum absolute atomic E-state index is 0.130. The molecule has 0 aliphatic rings. The van der Waals surface area contributed by atoms with E-state index >= 15 is 0 Å². The lowest BCUT2D eigenvalue weighted by Gasteiger charge is -2.16. The molecule has 7 heteroatoms. The highest BCUT2D eigenvalue weighted by atomic mass is 19.4. The van der Waals surface area contributed by atoms with Crippen molar-refractivity contribution in [3.05, 3.63) is 18.1 Å². The number of ether oxygens (including phenoxy) is 1. The van der Waals surface area contributed by atoms with Gasteiger partial charge >= 0.3 is 6.18 Å². The molecule has 0 saturated heterocycles. The first kappa shape index (κ1) is 13.7. The van der Waals surface area contributed by atoms with Crippen LogP contribution in [0.2, 0.25) is 0 Å². The van der Waals surface area contributed by atoms with E-state index in [1.165, 1.54) is 12.4 Å². The highest BCUT2D eigenvalue weighted by molar-refractivity contribution is 5.07. The first-order chi connectivity index (χ1) is 7.93. The van der Waals surface area contributed by atoms with Gasteiger partial charge in [0.2, 0.25) is 5.88 Å². The van der Waals surface area contributed by atoms with Gasteiger partial charge in [-0.25, -0.2) is 4.98 Å². The standard InChI is InChI=1S/C10H14F3N3O/c1-3-14-4-8-5-16-9(6-15-8)17-7(2)10(11,12)13/h5-7,14H,3-4H2,1-2H3. The van der Waals surface area contributed by atoms with E-state index in [-0.39, 0.29) is 5.88 Å². The van der Waals surface area contributed by atoms with Gasteiger partial charge in [0.15, 0.2) is 6.10 Å². The first-order valence-corrected chi connectivity index (χ1v) is 5.18. The normalized spacial score (nSPS) is 13.5. The number of hydrogen-bond donors (Lipinski definition) is 1. The Labute approximate surface area is 97.2 Å². The zero-order valence-electron chi connectivity index (χ0n) is 9.58. The highest BCUT2D eigenvalue weighted by Crippen LogP contribution is 2.23. The van der Waals surface area contributed by atoms with Crippen molar-refractivity contribution >= 4 is 0 Å². The summed E-state index contributed by atoms with van der Waals surface area (Å²) in [6.07, 6.45) is -3.71. The molecule has 0 spiro atoms. The van der Waals surface area contributed by atoms with E-state index in [2.05, 4.69) is 20.0 Å². The van der Waals surface area contributed by atoms with Crippen LogP contribution in [-0.2, 0) is 6.54 Å². The van der Waals surface area contributed by atoms with Gasteiger partial charge in [0, 0.05) is 6.54 Å². The second kappa shape index (κ2) is 5.81. The van der Waals surface area contributed by atoms with E-state index in [4.69, 9.17) is 0 Å². The number of nitrogens with zero attached hydrogens (tertiary/aromatic N) is 2. The van der Waals surface area contributed by atoms with Crippen LogP contribution in [-0.4, -0.2) is 28.8 Å². The molecule has 0 aliphatic carbocycles. The molecule has 0 amide bonds. The lowest BCUT2D eigenvalue weighted by atomic mass is 10.4. The van der Waals surface area contributed by atoms with Gasteiger partial charge in [0.1, 0.15) is 0 Å². The largest absolute Gasteiger partial charge is 0.464 e. The Kier molecular flexibility index (Phi) is 4.68. The number of nitrogens with one attached hydrogen (secondary N) is 1. The molecule has 0 fully saturated rings. The van der Waals surface area contributed by atoms with Crippen LogP contribution in [0.3, 0.4) is 0 Å². The fourth-order valence-corrected chi connectivity index (χ4v) is 0.996. The zero-order valence-corrected chi connectivity index (χ0v) is 9.58. The maximum absolute atomic E-state index is 12.2. The second-order valence-corrected chi connectivity index (χ2v) is 3.43. The maximum atomic E-state index is 12.2. The molecule has 0 aliphatic heterocycles. The van der Waals surface area contributed by atoms with Crippen LogP contribution in [0.4, 0.5) is 13.2 Å². The summed E-state index contributed by atoms with van der Waals surface area (Å²) in [4.78, 5) is 7.69. The molecule has 0 radical (unpaired) electrons. The molecule has 1 heterocycles. The summed E-state index contributed by atoms with van der Waals surface area (Å²) in [6.45, 7) is 4.17. The third-order valence-corrected chi connectivity index (χ3v) is 2.00. The van der Waals surface area contributed by atoms with Crippen LogP contribution in [0.1, 0.15) is 19.5 Å². The summed E-state index contributed by atoms with van der Waals surface area (Å²) >= 11 is 0. The van der Waals surface area contributed by atoms with Crippen LogP contribution >= 0.6 is 0 Å². The van der Waals surface area contributed by atoms with Crippen molar-refractivity contribution in [3.63, 3.8) is 0 Å². The van der Waals surface area contributed by atoms with E-state index in [0.29, 0.717) is 12.2 Å². The lowest BCUT2D eigenvalue weighted by molar-refractivity contribution is -0.190. The van der Waals surface area contributed by atoms with E-state index in [1.807, 2.05) is 6.92 Å². The van der Waals surface area contributed by atoms with Gasteiger partial charge in [-0.1, -0.05) is 6.92 Å².